The third-order valence-electron chi connectivity index (χ3n) is 3.84. The maximum absolute atomic E-state index is 12.4. The molecule has 3 N–H and O–H groups in total. The van der Waals surface area contributed by atoms with E-state index in [1.807, 2.05) is 0 Å². The Hall–Kier alpha value is -1.93. The second kappa shape index (κ2) is 6.45. The van der Waals surface area contributed by atoms with Gasteiger partial charge in [-0.2, -0.15) is 0 Å². The van der Waals surface area contributed by atoms with Crippen molar-refractivity contribution in [2.75, 3.05) is 20.1 Å². The summed E-state index contributed by atoms with van der Waals surface area (Å²) in [7, 11) is -2.27. The lowest BCUT2D eigenvalue weighted by atomic mass is 9.96. The first-order valence-corrected chi connectivity index (χ1v) is 8.45. The van der Waals surface area contributed by atoms with Gasteiger partial charge in [-0.3, -0.25) is 9.59 Å². The number of nitrogens with zero attached hydrogens (tertiary/aromatic N) is 1. The van der Waals surface area contributed by atoms with Crippen LogP contribution in [-0.4, -0.2) is 45.3 Å². The number of carbonyl (C=O) groups is 2. The summed E-state index contributed by atoms with van der Waals surface area (Å²) in [6, 6.07) is 5.90. The molecule has 8 heteroatoms. The molecule has 0 bridgehead atoms. The van der Waals surface area contributed by atoms with Gasteiger partial charge in [0.25, 0.3) is 5.91 Å². The lowest BCUT2D eigenvalue weighted by molar-refractivity contribution is -0.123. The van der Waals surface area contributed by atoms with Crippen molar-refractivity contribution in [2.24, 2.45) is 11.7 Å². The normalized spacial score (nSPS) is 16.5. The van der Waals surface area contributed by atoms with Crippen LogP contribution in [0.2, 0.25) is 0 Å². The zero-order valence-corrected chi connectivity index (χ0v) is 13.1. The molecule has 0 unspecified atom stereocenters. The highest BCUT2D eigenvalue weighted by Gasteiger charge is 2.27. The Morgan fingerprint density at radius 3 is 2.45 bits per heavy atom. The number of nitrogens with two attached hydrogens (primary N) is 1. The predicted molar refractivity (Wildman–Crippen MR) is 80.5 cm³/mol. The highest BCUT2D eigenvalue weighted by Crippen LogP contribution is 2.20. The number of carbonyl (C=O) groups excluding carboxylic acids is 2. The number of likely N-dealkylation sites (tertiary alicyclic amines) is 1. The highest BCUT2D eigenvalue weighted by molar-refractivity contribution is 7.89. The van der Waals surface area contributed by atoms with Crippen LogP contribution >= 0.6 is 0 Å². The summed E-state index contributed by atoms with van der Waals surface area (Å²) in [5.41, 5.74) is 5.58. The molecular weight excluding hydrogens is 306 g/mol. The molecule has 0 aromatic heterocycles. The van der Waals surface area contributed by atoms with Gasteiger partial charge in [-0.05, 0) is 38.1 Å². The van der Waals surface area contributed by atoms with Crippen molar-refractivity contribution in [3.05, 3.63) is 29.8 Å². The Morgan fingerprint density at radius 2 is 1.91 bits per heavy atom. The van der Waals surface area contributed by atoms with E-state index in [1.165, 1.54) is 25.2 Å². The van der Waals surface area contributed by atoms with E-state index in [0.717, 1.165) is 0 Å². The number of hydrogen-bond donors (Lipinski definition) is 2. The highest BCUT2D eigenvalue weighted by atomic mass is 32.2. The second-order valence-corrected chi connectivity index (χ2v) is 7.09. The summed E-state index contributed by atoms with van der Waals surface area (Å²) < 4.78 is 25.8. The topological polar surface area (TPSA) is 110 Å². The van der Waals surface area contributed by atoms with Crippen LogP contribution in [0.25, 0.3) is 0 Å². The first-order valence-electron chi connectivity index (χ1n) is 6.97. The van der Waals surface area contributed by atoms with Crippen molar-refractivity contribution in [3.63, 3.8) is 0 Å². The number of rotatable bonds is 4. The average Bonchev–Trinajstić information content (AvgIpc) is 2.54. The molecule has 22 heavy (non-hydrogen) atoms. The predicted octanol–water partition coefficient (Wildman–Crippen LogP) is -0.0678. The van der Waals surface area contributed by atoms with E-state index < -0.39 is 10.0 Å². The van der Waals surface area contributed by atoms with Gasteiger partial charge < -0.3 is 10.6 Å². The van der Waals surface area contributed by atoms with Gasteiger partial charge in [-0.15, -0.1) is 0 Å². The summed E-state index contributed by atoms with van der Waals surface area (Å²) >= 11 is 0. The first-order chi connectivity index (χ1) is 10.3. The molecule has 0 radical (unpaired) electrons. The SMILES string of the molecule is CNS(=O)(=O)c1cccc(C(=O)N2CCC(C(N)=O)CC2)c1. The minimum absolute atomic E-state index is 0.0490. The number of hydrogen-bond acceptors (Lipinski definition) is 4. The second-order valence-electron chi connectivity index (χ2n) is 5.20. The molecule has 0 aliphatic carbocycles. The van der Waals surface area contributed by atoms with Gasteiger partial charge in [-0.1, -0.05) is 6.07 Å². The van der Waals surface area contributed by atoms with Crippen molar-refractivity contribution in [1.29, 1.82) is 0 Å². The maximum Gasteiger partial charge on any atom is 0.253 e. The number of amides is 2. The number of primary amides is 1. The van der Waals surface area contributed by atoms with E-state index in [4.69, 9.17) is 5.73 Å². The molecule has 1 heterocycles. The molecule has 0 saturated carbocycles. The summed E-state index contributed by atoms with van der Waals surface area (Å²) in [6.07, 6.45) is 1.07. The summed E-state index contributed by atoms with van der Waals surface area (Å²) in [4.78, 5) is 25.2. The molecule has 1 fully saturated rings. The Bertz CT molecular complexity index is 679. The quantitative estimate of drug-likeness (QED) is 0.807. The molecule has 0 spiro atoms. The van der Waals surface area contributed by atoms with Crippen molar-refractivity contribution in [1.82, 2.24) is 9.62 Å². The van der Waals surface area contributed by atoms with Gasteiger partial charge in [0.05, 0.1) is 4.90 Å². The van der Waals surface area contributed by atoms with Gasteiger partial charge in [0, 0.05) is 24.6 Å². The molecule has 1 aromatic rings. The van der Waals surface area contributed by atoms with Crippen molar-refractivity contribution in [2.45, 2.75) is 17.7 Å². The van der Waals surface area contributed by atoms with Crippen LogP contribution in [0.4, 0.5) is 0 Å². The number of sulfonamides is 1. The molecule has 7 nitrogen and oxygen atoms in total. The number of nitrogens with one attached hydrogen (secondary N) is 1. The molecule has 1 aromatic carbocycles. The monoisotopic (exact) mass is 325 g/mol. The van der Waals surface area contributed by atoms with E-state index >= 15 is 0 Å². The fourth-order valence-corrected chi connectivity index (χ4v) is 3.24. The molecule has 1 saturated heterocycles. The number of piperidine rings is 1. The minimum Gasteiger partial charge on any atom is -0.369 e. The zero-order valence-electron chi connectivity index (χ0n) is 12.3. The Morgan fingerprint density at radius 1 is 1.27 bits per heavy atom. The number of benzene rings is 1. The van der Waals surface area contributed by atoms with Gasteiger partial charge in [0.2, 0.25) is 15.9 Å². The third kappa shape index (κ3) is 3.45. The van der Waals surface area contributed by atoms with Crippen LogP contribution in [0.15, 0.2) is 29.2 Å². The summed E-state index contributed by atoms with van der Waals surface area (Å²) in [6.45, 7) is 0.880. The maximum atomic E-state index is 12.4. The van der Waals surface area contributed by atoms with Crippen LogP contribution in [-0.2, 0) is 14.8 Å². The van der Waals surface area contributed by atoms with E-state index in [-0.39, 0.29) is 22.6 Å². The van der Waals surface area contributed by atoms with E-state index in [9.17, 15) is 18.0 Å². The first kappa shape index (κ1) is 16.4. The van der Waals surface area contributed by atoms with Gasteiger partial charge in [0.1, 0.15) is 0 Å². The smallest absolute Gasteiger partial charge is 0.253 e. The Kier molecular flexibility index (Phi) is 4.82. The third-order valence-corrected chi connectivity index (χ3v) is 5.26. The molecule has 0 atom stereocenters. The fraction of sp³-hybridized carbons (Fsp3) is 0.429. The van der Waals surface area contributed by atoms with E-state index in [0.29, 0.717) is 31.5 Å². The molecule has 120 valence electrons. The van der Waals surface area contributed by atoms with Crippen LogP contribution < -0.4 is 10.5 Å². The van der Waals surface area contributed by atoms with Crippen molar-refractivity contribution < 1.29 is 18.0 Å². The van der Waals surface area contributed by atoms with Crippen LogP contribution in [0, 0.1) is 5.92 Å². The van der Waals surface area contributed by atoms with Crippen molar-refractivity contribution >= 4 is 21.8 Å². The molecule has 2 amide bonds. The zero-order chi connectivity index (χ0) is 16.3. The van der Waals surface area contributed by atoms with Crippen LogP contribution in [0.3, 0.4) is 0 Å². The van der Waals surface area contributed by atoms with Crippen LogP contribution in [0.5, 0.6) is 0 Å². The lowest BCUT2D eigenvalue weighted by Gasteiger charge is -2.30. The minimum atomic E-state index is -3.59. The van der Waals surface area contributed by atoms with E-state index in [2.05, 4.69) is 4.72 Å². The van der Waals surface area contributed by atoms with Crippen molar-refractivity contribution in [3.8, 4) is 0 Å². The van der Waals surface area contributed by atoms with E-state index in [1.54, 1.807) is 11.0 Å². The molecule has 1 aliphatic rings. The molecular formula is C14H19N3O4S. The van der Waals surface area contributed by atoms with Gasteiger partial charge >= 0.3 is 0 Å². The fourth-order valence-electron chi connectivity index (χ4n) is 2.46. The molecule has 1 aliphatic heterocycles. The van der Waals surface area contributed by atoms with Crippen LogP contribution in [0.1, 0.15) is 23.2 Å². The average molecular weight is 325 g/mol. The summed E-state index contributed by atoms with van der Waals surface area (Å²) in [5.74, 6) is -0.773. The standard InChI is InChI=1S/C14H19N3O4S/c1-16-22(20,21)12-4-2-3-11(9-12)14(19)17-7-5-10(6-8-17)13(15)18/h2-4,9-10,16H,5-8H2,1H3,(H2,15,18). The largest absolute Gasteiger partial charge is 0.369 e. The lowest BCUT2D eigenvalue weighted by Crippen LogP contribution is -2.41. The Labute approximate surface area is 129 Å². The molecule has 2 rings (SSSR count). The van der Waals surface area contributed by atoms with Gasteiger partial charge in [-0.25, -0.2) is 13.1 Å². The Balaban J connectivity index is 2.14. The summed E-state index contributed by atoms with van der Waals surface area (Å²) in [5, 5.41) is 0. The van der Waals surface area contributed by atoms with Gasteiger partial charge in [0.15, 0.2) is 0 Å².